The van der Waals surface area contributed by atoms with Gasteiger partial charge in [0, 0.05) is 0 Å². The van der Waals surface area contributed by atoms with Crippen LogP contribution >= 0.6 is 0 Å². The van der Waals surface area contributed by atoms with Gasteiger partial charge >= 0.3 is 22.8 Å². The third kappa shape index (κ3) is 3.37. The molecule has 13 heteroatoms. The summed E-state index contributed by atoms with van der Waals surface area (Å²) in [7, 11) is -4.69. The first-order chi connectivity index (χ1) is 9.40. The topological polar surface area (TPSA) is 67.9 Å². The molecule has 21 heavy (non-hydrogen) atoms. The molecule has 0 aliphatic carbocycles. The van der Waals surface area contributed by atoms with Crippen LogP contribution in [-0.2, 0) is 31.3 Å². The number of hydrogen-bond acceptors (Lipinski definition) is 6. The monoisotopic (exact) mass is 338 g/mol. The van der Waals surface area contributed by atoms with Crippen molar-refractivity contribution in [2.75, 3.05) is 5.17 Å². The SMILES string of the molecule is O=S1(=O)ONN(c2cc(C(F)(F)F)ccc2C(F)(F)F)O1. The van der Waals surface area contributed by atoms with Crippen molar-refractivity contribution in [3.63, 3.8) is 0 Å². The molecule has 2 rings (SSSR count). The second kappa shape index (κ2) is 4.72. The Balaban J connectivity index is 2.55. The minimum Gasteiger partial charge on any atom is -0.166 e. The van der Waals surface area contributed by atoms with Gasteiger partial charge in [-0.1, -0.05) is 5.59 Å². The number of halogens is 6. The van der Waals surface area contributed by atoms with Gasteiger partial charge in [-0.3, -0.25) is 0 Å². The maximum absolute atomic E-state index is 12.7. The average Bonchev–Trinajstić information content (AvgIpc) is 2.66. The van der Waals surface area contributed by atoms with E-state index in [9.17, 15) is 34.8 Å². The second-order valence-electron chi connectivity index (χ2n) is 3.68. The van der Waals surface area contributed by atoms with E-state index < -0.39 is 39.6 Å². The van der Waals surface area contributed by atoms with Crippen LogP contribution in [0.4, 0.5) is 32.0 Å². The molecule has 1 fully saturated rings. The Morgan fingerprint density at radius 2 is 1.67 bits per heavy atom. The summed E-state index contributed by atoms with van der Waals surface area (Å²) in [5.74, 6) is 0. The summed E-state index contributed by atoms with van der Waals surface area (Å²) in [4.78, 5) is 0. The molecule has 0 unspecified atom stereocenters. The molecule has 1 aromatic rings. The molecule has 1 aliphatic heterocycles. The fraction of sp³-hybridized carbons (Fsp3) is 0.250. The third-order valence-corrected chi connectivity index (χ3v) is 2.85. The van der Waals surface area contributed by atoms with Crippen molar-refractivity contribution in [3.8, 4) is 0 Å². The predicted octanol–water partition coefficient (Wildman–Crippen LogP) is 2.16. The van der Waals surface area contributed by atoms with Gasteiger partial charge in [-0.2, -0.15) is 34.8 Å². The largest absolute Gasteiger partial charge is 0.440 e. The Kier molecular flexibility index (Phi) is 3.56. The number of hydrazine groups is 1. The number of rotatable bonds is 1. The van der Waals surface area contributed by atoms with E-state index in [0.29, 0.717) is 0 Å². The van der Waals surface area contributed by atoms with Crippen LogP contribution < -0.4 is 10.8 Å². The summed E-state index contributed by atoms with van der Waals surface area (Å²) in [5.41, 5.74) is -2.80. The molecule has 1 aliphatic rings. The maximum Gasteiger partial charge on any atom is 0.440 e. The zero-order valence-corrected chi connectivity index (χ0v) is 10.3. The second-order valence-corrected chi connectivity index (χ2v) is 4.81. The Morgan fingerprint density at radius 3 is 2.10 bits per heavy atom. The van der Waals surface area contributed by atoms with E-state index in [2.05, 4.69) is 8.57 Å². The first kappa shape index (κ1) is 15.8. The van der Waals surface area contributed by atoms with Crippen LogP contribution in [0.2, 0.25) is 0 Å². The van der Waals surface area contributed by atoms with Gasteiger partial charge in [-0.25, -0.2) is 0 Å². The molecule has 1 heterocycles. The van der Waals surface area contributed by atoms with E-state index in [-0.39, 0.29) is 23.4 Å². The van der Waals surface area contributed by atoms with Crippen molar-refractivity contribution in [3.05, 3.63) is 29.3 Å². The lowest BCUT2D eigenvalue weighted by molar-refractivity contribution is -0.141. The molecule has 0 spiro atoms. The quantitative estimate of drug-likeness (QED) is 0.792. The van der Waals surface area contributed by atoms with Crippen LogP contribution in [0.1, 0.15) is 11.1 Å². The maximum atomic E-state index is 12.7. The first-order valence-electron chi connectivity index (χ1n) is 4.87. The van der Waals surface area contributed by atoms with Gasteiger partial charge in [-0.05, 0) is 18.2 Å². The zero-order valence-electron chi connectivity index (χ0n) is 9.49. The van der Waals surface area contributed by atoms with Crippen LogP contribution in [0.25, 0.3) is 0 Å². The van der Waals surface area contributed by atoms with Gasteiger partial charge < -0.3 is 0 Å². The predicted molar refractivity (Wildman–Crippen MR) is 53.2 cm³/mol. The number of anilines is 1. The minimum absolute atomic E-state index is 0.0695. The van der Waals surface area contributed by atoms with Gasteiger partial charge in [0.2, 0.25) is 0 Å². The number of hydrogen-bond donors (Lipinski definition) is 1. The summed E-state index contributed by atoms with van der Waals surface area (Å²) in [5, 5.41) is -0.173. The van der Waals surface area contributed by atoms with Crippen LogP contribution in [0.15, 0.2) is 18.2 Å². The molecular weight excluding hydrogens is 334 g/mol. The minimum atomic E-state index is -5.04. The Bertz CT molecular complexity index is 656. The van der Waals surface area contributed by atoms with Crippen LogP contribution in [0.3, 0.4) is 0 Å². The van der Waals surface area contributed by atoms with Crippen molar-refractivity contribution < 1.29 is 43.3 Å². The Hall–Kier alpha value is -1.57. The molecule has 0 bridgehead atoms. The van der Waals surface area contributed by atoms with Crippen LogP contribution in [-0.4, -0.2) is 8.42 Å². The van der Waals surface area contributed by atoms with E-state index in [0.717, 1.165) is 0 Å². The number of nitrogens with zero attached hydrogens (tertiary/aromatic N) is 1. The molecule has 6 nitrogen and oxygen atoms in total. The highest BCUT2D eigenvalue weighted by atomic mass is 32.3. The van der Waals surface area contributed by atoms with Crippen molar-refractivity contribution in [2.24, 2.45) is 0 Å². The van der Waals surface area contributed by atoms with Crippen molar-refractivity contribution in [2.45, 2.75) is 12.4 Å². The molecule has 118 valence electrons. The number of alkyl halides is 6. The van der Waals surface area contributed by atoms with Gasteiger partial charge in [0.05, 0.1) is 16.8 Å². The van der Waals surface area contributed by atoms with Crippen LogP contribution in [0.5, 0.6) is 0 Å². The number of nitrogens with one attached hydrogen (secondary N) is 1. The Labute approximate surface area is 113 Å². The molecule has 0 radical (unpaired) electrons. The van der Waals surface area contributed by atoms with E-state index in [1.165, 1.54) is 5.59 Å². The molecule has 1 saturated heterocycles. The summed E-state index contributed by atoms with van der Waals surface area (Å²) in [6, 6.07) is 0.423. The van der Waals surface area contributed by atoms with Gasteiger partial charge in [-0.15, -0.1) is 13.7 Å². The van der Waals surface area contributed by atoms with E-state index in [1.807, 2.05) is 0 Å². The normalized spacial score (nSPS) is 19.0. The van der Waals surface area contributed by atoms with E-state index in [4.69, 9.17) is 0 Å². The molecular formula is C8H4F6N2O4S. The van der Waals surface area contributed by atoms with E-state index in [1.54, 1.807) is 0 Å². The molecule has 0 atom stereocenters. The summed E-state index contributed by atoms with van der Waals surface area (Å²) in [6.07, 6.45) is -9.98. The fourth-order valence-electron chi connectivity index (χ4n) is 1.41. The van der Waals surface area contributed by atoms with Crippen molar-refractivity contribution >= 4 is 16.1 Å². The standard InChI is InChI=1S/C8H4F6N2O4S/c9-7(10,11)4-1-2-5(8(12,13)14)6(3-4)16-15-19-21(17,18)20-16/h1-3,15H. The Morgan fingerprint density at radius 1 is 1.05 bits per heavy atom. The molecule has 0 amide bonds. The lowest BCUT2D eigenvalue weighted by Crippen LogP contribution is -2.31. The van der Waals surface area contributed by atoms with Gasteiger partial charge in [0.25, 0.3) is 0 Å². The smallest absolute Gasteiger partial charge is 0.166 e. The average molecular weight is 338 g/mol. The molecule has 1 aromatic carbocycles. The van der Waals surface area contributed by atoms with Gasteiger partial charge in [0.15, 0.2) is 0 Å². The van der Waals surface area contributed by atoms with Crippen molar-refractivity contribution in [1.29, 1.82) is 0 Å². The highest BCUT2D eigenvalue weighted by Gasteiger charge is 2.41. The van der Waals surface area contributed by atoms with Crippen molar-refractivity contribution in [1.82, 2.24) is 5.59 Å². The fourth-order valence-corrected chi connectivity index (χ4v) is 1.89. The highest BCUT2D eigenvalue weighted by Crippen LogP contribution is 2.40. The lowest BCUT2D eigenvalue weighted by atomic mass is 10.1. The molecule has 0 saturated carbocycles. The molecule has 0 aromatic heterocycles. The number of benzene rings is 1. The first-order valence-corrected chi connectivity index (χ1v) is 6.21. The lowest BCUT2D eigenvalue weighted by Gasteiger charge is -2.19. The third-order valence-electron chi connectivity index (χ3n) is 2.24. The van der Waals surface area contributed by atoms with Crippen LogP contribution in [0, 0.1) is 0 Å². The zero-order chi connectivity index (χ0) is 16.1. The summed E-state index contributed by atoms with van der Waals surface area (Å²) < 4.78 is 105. The summed E-state index contributed by atoms with van der Waals surface area (Å²) >= 11 is 0. The highest BCUT2D eigenvalue weighted by molar-refractivity contribution is 7.82. The van der Waals surface area contributed by atoms with Gasteiger partial charge in [0.1, 0.15) is 0 Å². The summed E-state index contributed by atoms with van der Waals surface area (Å²) in [6.45, 7) is 0. The van der Waals surface area contributed by atoms with E-state index >= 15 is 0 Å². The molecule has 1 N–H and O–H groups in total.